The van der Waals surface area contributed by atoms with E-state index in [9.17, 15) is 0 Å². The van der Waals surface area contributed by atoms with Gasteiger partial charge in [-0.25, -0.2) is 19.9 Å². The number of halogens is 3. The van der Waals surface area contributed by atoms with Crippen LogP contribution in [0.25, 0.3) is 95.3 Å². The maximum Gasteiger partial charge on any atom is 0.416 e. The zero-order valence-electron chi connectivity index (χ0n) is 34.8. The van der Waals surface area contributed by atoms with Crippen LogP contribution in [0.5, 0.6) is 0 Å². The summed E-state index contributed by atoms with van der Waals surface area (Å²) in [6.45, 7) is 6.51. The van der Waals surface area contributed by atoms with Crippen LogP contribution in [0.15, 0.2) is 188 Å². The summed E-state index contributed by atoms with van der Waals surface area (Å²) in [5.74, 6) is 0.512. The molecule has 0 fully saturated rings. The second-order valence-electron chi connectivity index (χ2n) is 16.6. The number of nitrogens with zero attached hydrogens (tertiary/aromatic N) is 5. The van der Waals surface area contributed by atoms with Gasteiger partial charge in [-0.2, -0.15) is 13.2 Å². The fourth-order valence-corrected chi connectivity index (χ4v) is 8.22. The van der Waals surface area contributed by atoms with Crippen molar-refractivity contribution in [2.45, 2.75) is 32.4 Å². The first kappa shape index (κ1) is 39.4. The highest BCUT2D eigenvalue weighted by Gasteiger charge is 2.35. The molecule has 0 bridgehead atoms. The highest BCUT2D eigenvalue weighted by Crippen LogP contribution is 2.46. The Hall–Kier alpha value is -7.71. The van der Waals surface area contributed by atoms with E-state index in [4.69, 9.17) is 19.9 Å². The molecule has 5 nitrogen and oxygen atoms in total. The van der Waals surface area contributed by atoms with Crippen LogP contribution in [0.4, 0.5) is 13.2 Å². The first-order valence-electron chi connectivity index (χ1n) is 20.8. The van der Waals surface area contributed by atoms with Crippen LogP contribution in [0.3, 0.4) is 0 Å². The number of hydrogen-bond acceptors (Lipinski definition) is 4. The Kier molecular flexibility index (Phi) is 9.79. The van der Waals surface area contributed by atoms with Crippen molar-refractivity contribution in [2.24, 2.45) is 0 Å². The smallest absolute Gasteiger partial charge is 0.308 e. The van der Waals surface area contributed by atoms with Crippen molar-refractivity contribution in [1.82, 2.24) is 24.5 Å². The lowest BCUT2D eigenvalue weighted by molar-refractivity contribution is -0.137. The summed E-state index contributed by atoms with van der Waals surface area (Å²) in [6, 6.07) is 58.9. The molecule has 7 aromatic carbocycles. The van der Waals surface area contributed by atoms with E-state index in [0.29, 0.717) is 34.3 Å². The Morgan fingerprint density at radius 3 is 1.37 bits per heavy atom. The fourth-order valence-electron chi connectivity index (χ4n) is 8.22. The molecule has 306 valence electrons. The lowest BCUT2D eigenvalue weighted by Crippen LogP contribution is -2.11. The van der Waals surface area contributed by atoms with Crippen molar-refractivity contribution in [3.8, 4) is 73.5 Å². The van der Waals surface area contributed by atoms with Crippen LogP contribution in [-0.2, 0) is 11.6 Å². The fraction of sp³-hybridized carbons (Fsp3) is 0.0909. The molecule has 0 aliphatic carbocycles. The largest absolute Gasteiger partial charge is 0.416 e. The molecular formula is C55H40F3N5. The van der Waals surface area contributed by atoms with Crippen LogP contribution in [0, 0.1) is 0 Å². The number of hydrogen-bond donors (Lipinski definition) is 0. The maximum atomic E-state index is 15.6. The Balaban J connectivity index is 1.39. The van der Waals surface area contributed by atoms with E-state index in [0.717, 1.165) is 49.6 Å². The van der Waals surface area contributed by atoms with E-state index in [1.54, 1.807) is 6.07 Å². The number of benzene rings is 7. The molecule has 10 rings (SSSR count). The molecule has 0 spiro atoms. The Morgan fingerprint density at radius 1 is 0.381 bits per heavy atom. The summed E-state index contributed by atoms with van der Waals surface area (Å²) in [5.41, 5.74) is 7.77. The zero-order chi connectivity index (χ0) is 43.3. The third kappa shape index (κ3) is 7.54. The second-order valence-corrected chi connectivity index (χ2v) is 16.6. The van der Waals surface area contributed by atoms with E-state index in [-0.39, 0.29) is 22.4 Å². The Bertz CT molecular complexity index is 3020. The molecule has 0 atom stereocenters. The van der Waals surface area contributed by atoms with Crippen molar-refractivity contribution in [2.75, 3.05) is 0 Å². The summed E-state index contributed by atoms with van der Waals surface area (Å²) >= 11 is 0. The van der Waals surface area contributed by atoms with Gasteiger partial charge in [-0.3, -0.25) is 0 Å². The lowest BCUT2D eigenvalue weighted by atomic mass is 9.86. The van der Waals surface area contributed by atoms with E-state index in [2.05, 4.69) is 49.6 Å². The molecule has 0 radical (unpaired) electrons. The first-order chi connectivity index (χ1) is 30.5. The minimum Gasteiger partial charge on any atom is -0.308 e. The number of fused-ring (bicyclic) bond motifs is 3. The van der Waals surface area contributed by atoms with Gasteiger partial charge in [0.2, 0.25) is 0 Å². The molecule has 10 aromatic rings. The molecule has 63 heavy (non-hydrogen) atoms. The molecule has 0 amide bonds. The zero-order valence-corrected chi connectivity index (χ0v) is 34.8. The standard InChI is InChI=1S/C55H40F3N5/c1-54(2,3)39-28-29-50-42(30-39)41-26-16-17-27-49(41)63(50)51-43(48-34-47(37-22-12-6-13-23-37)59-52(62-48)38-24-14-7-15-25-38)31-40(55(56,57)58)32-44(51)53-60-45(35-18-8-4-9-19-35)33-46(61-53)36-20-10-5-11-21-36/h4-34H,1-3H3. The topological polar surface area (TPSA) is 56.5 Å². The van der Waals surface area contributed by atoms with Crippen molar-refractivity contribution >= 4 is 21.8 Å². The average molecular weight is 828 g/mol. The van der Waals surface area contributed by atoms with Gasteiger partial charge in [0.05, 0.1) is 45.1 Å². The van der Waals surface area contributed by atoms with Crippen LogP contribution < -0.4 is 0 Å². The van der Waals surface area contributed by atoms with Gasteiger partial charge in [0.25, 0.3) is 0 Å². The summed E-state index contributed by atoms with van der Waals surface area (Å²) < 4.78 is 48.9. The molecule has 0 aliphatic rings. The highest BCUT2D eigenvalue weighted by molar-refractivity contribution is 6.11. The van der Waals surface area contributed by atoms with Crippen molar-refractivity contribution in [3.63, 3.8) is 0 Å². The van der Waals surface area contributed by atoms with Crippen LogP contribution >= 0.6 is 0 Å². The molecule has 8 heteroatoms. The molecule has 0 saturated carbocycles. The Labute approximate surface area is 363 Å². The van der Waals surface area contributed by atoms with Crippen LogP contribution in [0.1, 0.15) is 31.9 Å². The predicted molar refractivity (Wildman–Crippen MR) is 248 cm³/mol. The highest BCUT2D eigenvalue weighted by atomic mass is 19.4. The van der Waals surface area contributed by atoms with Gasteiger partial charge in [-0.15, -0.1) is 0 Å². The monoisotopic (exact) mass is 827 g/mol. The molecule has 3 aromatic heterocycles. The van der Waals surface area contributed by atoms with Gasteiger partial charge >= 0.3 is 6.18 Å². The minimum atomic E-state index is -4.75. The van der Waals surface area contributed by atoms with E-state index in [1.807, 2.05) is 146 Å². The number of alkyl halides is 3. The minimum absolute atomic E-state index is 0.135. The van der Waals surface area contributed by atoms with Gasteiger partial charge in [0.1, 0.15) is 0 Å². The third-order valence-corrected chi connectivity index (χ3v) is 11.4. The molecule has 3 heterocycles. The number of aromatic nitrogens is 5. The SMILES string of the molecule is CC(C)(C)c1ccc2c(c1)c1ccccc1n2-c1c(-c2cc(-c3ccccc3)nc(-c3ccccc3)n2)cc(C(F)(F)F)cc1-c1nc(-c2ccccc2)cc(-c2ccccc2)n1. The van der Waals surface area contributed by atoms with Gasteiger partial charge < -0.3 is 4.57 Å². The van der Waals surface area contributed by atoms with Crippen molar-refractivity contribution < 1.29 is 13.2 Å². The predicted octanol–water partition coefficient (Wildman–Crippen LogP) is 14.7. The van der Waals surface area contributed by atoms with Gasteiger partial charge in [0.15, 0.2) is 11.6 Å². The van der Waals surface area contributed by atoms with Crippen molar-refractivity contribution in [1.29, 1.82) is 0 Å². The average Bonchev–Trinajstić information content (AvgIpc) is 3.65. The maximum absolute atomic E-state index is 15.6. The van der Waals surface area contributed by atoms with Gasteiger partial charge in [-0.1, -0.05) is 166 Å². The summed E-state index contributed by atoms with van der Waals surface area (Å²) in [6.07, 6.45) is -4.75. The van der Waals surface area contributed by atoms with E-state index in [1.165, 1.54) is 12.1 Å². The second kappa shape index (κ2) is 15.6. The van der Waals surface area contributed by atoms with Crippen molar-refractivity contribution in [3.05, 3.63) is 199 Å². The van der Waals surface area contributed by atoms with Crippen LogP contribution in [0.2, 0.25) is 0 Å². The molecule has 0 saturated heterocycles. The molecule has 0 N–H and O–H groups in total. The van der Waals surface area contributed by atoms with E-state index < -0.39 is 11.7 Å². The van der Waals surface area contributed by atoms with Gasteiger partial charge in [0, 0.05) is 44.2 Å². The summed E-state index contributed by atoms with van der Waals surface area (Å²) in [5, 5.41) is 1.92. The summed E-state index contributed by atoms with van der Waals surface area (Å²) in [7, 11) is 0. The number of para-hydroxylation sites is 1. The molecular weight excluding hydrogens is 788 g/mol. The molecule has 0 unspecified atom stereocenters. The quantitative estimate of drug-likeness (QED) is 0.161. The van der Waals surface area contributed by atoms with Crippen LogP contribution in [-0.4, -0.2) is 24.5 Å². The number of rotatable bonds is 7. The first-order valence-corrected chi connectivity index (χ1v) is 20.8. The third-order valence-electron chi connectivity index (χ3n) is 11.4. The normalized spacial score (nSPS) is 12.0. The Morgan fingerprint density at radius 2 is 0.825 bits per heavy atom. The molecule has 0 aliphatic heterocycles. The van der Waals surface area contributed by atoms with Gasteiger partial charge in [-0.05, 0) is 53.4 Å². The lowest BCUT2D eigenvalue weighted by Gasteiger charge is -2.22. The van der Waals surface area contributed by atoms with E-state index >= 15 is 13.2 Å². The summed E-state index contributed by atoms with van der Waals surface area (Å²) in [4.78, 5) is 20.4.